The van der Waals surface area contributed by atoms with Gasteiger partial charge >= 0.3 is 0 Å². The molecule has 0 aliphatic rings. The highest BCUT2D eigenvalue weighted by Crippen LogP contribution is 2.28. The molecule has 4 nitrogen and oxygen atoms in total. The van der Waals surface area contributed by atoms with Crippen LogP contribution in [0.5, 0.6) is 5.75 Å². The van der Waals surface area contributed by atoms with Crippen LogP contribution in [-0.4, -0.2) is 19.1 Å². The number of hydrogen-bond donors (Lipinski definition) is 3. The molecule has 5 heteroatoms. The molecule has 1 atom stereocenters. The lowest BCUT2D eigenvalue weighted by Crippen LogP contribution is -2.38. The van der Waals surface area contributed by atoms with Crippen LogP contribution >= 0.6 is 11.6 Å². The molecule has 0 fully saturated rings. The van der Waals surface area contributed by atoms with Crippen LogP contribution in [0.2, 0.25) is 5.02 Å². The van der Waals surface area contributed by atoms with Crippen LogP contribution in [0.15, 0.2) is 18.2 Å². The average Bonchev–Trinajstić information content (AvgIpc) is 2.20. The number of hydrogen-bond acceptors (Lipinski definition) is 2. The third-order valence-corrected chi connectivity index (χ3v) is 2.62. The highest BCUT2D eigenvalue weighted by atomic mass is 35.5. The van der Waals surface area contributed by atoms with Crippen molar-refractivity contribution in [3.8, 4) is 5.75 Å². The minimum Gasteiger partial charge on any atom is -0.495 e. The Bertz CT molecular complexity index is 381. The molecule has 88 valence electrons. The number of halogens is 1. The summed E-state index contributed by atoms with van der Waals surface area (Å²) >= 11 is 6.15. The van der Waals surface area contributed by atoms with Gasteiger partial charge in [0.05, 0.1) is 12.1 Å². The highest BCUT2D eigenvalue weighted by molar-refractivity contribution is 6.32. The molecule has 0 saturated heterocycles. The van der Waals surface area contributed by atoms with Gasteiger partial charge in [0.15, 0.2) is 5.96 Å². The smallest absolute Gasteiger partial charge is 0.185 e. The number of ether oxygens (including phenoxy) is 1. The van der Waals surface area contributed by atoms with Gasteiger partial charge in [-0.05, 0) is 25.0 Å². The van der Waals surface area contributed by atoms with Gasteiger partial charge in [0.2, 0.25) is 0 Å². The van der Waals surface area contributed by atoms with E-state index in [0.717, 1.165) is 5.56 Å². The van der Waals surface area contributed by atoms with Crippen molar-refractivity contribution in [2.45, 2.75) is 19.4 Å². The zero-order valence-corrected chi connectivity index (χ0v) is 10.1. The van der Waals surface area contributed by atoms with Gasteiger partial charge in [-0.3, -0.25) is 5.41 Å². The first-order valence-corrected chi connectivity index (χ1v) is 5.34. The van der Waals surface area contributed by atoms with Crippen LogP contribution in [-0.2, 0) is 6.42 Å². The molecule has 0 aliphatic heterocycles. The first-order chi connectivity index (χ1) is 7.54. The fourth-order valence-electron chi connectivity index (χ4n) is 1.52. The fraction of sp³-hybridized carbons (Fsp3) is 0.364. The van der Waals surface area contributed by atoms with E-state index in [1.807, 2.05) is 25.1 Å². The predicted octanol–water partition coefficient (Wildman–Crippen LogP) is 1.76. The van der Waals surface area contributed by atoms with E-state index in [1.54, 1.807) is 7.11 Å². The van der Waals surface area contributed by atoms with Crippen molar-refractivity contribution in [1.82, 2.24) is 5.32 Å². The first-order valence-electron chi connectivity index (χ1n) is 4.96. The second-order valence-electron chi connectivity index (χ2n) is 3.60. The maximum absolute atomic E-state index is 7.13. The number of methoxy groups -OCH3 is 1. The summed E-state index contributed by atoms with van der Waals surface area (Å²) < 4.78 is 5.13. The van der Waals surface area contributed by atoms with E-state index in [4.69, 9.17) is 27.5 Å². The van der Waals surface area contributed by atoms with Crippen LogP contribution in [0.1, 0.15) is 12.5 Å². The van der Waals surface area contributed by atoms with E-state index in [-0.39, 0.29) is 12.0 Å². The van der Waals surface area contributed by atoms with E-state index in [0.29, 0.717) is 17.2 Å². The zero-order valence-electron chi connectivity index (χ0n) is 9.38. The molecule has 0 heterocycles. The van der Waals surface area contributed by atoms with Gasteiger partial charge in [0.25, 0.3) is 0 Å². The number of guanidine groups is 1. The van der Waals surface area contributed by atoms with Crippen LogP contribution in [0.3, 0.4) is 0 Å². The normalized spacial score (nSPS) is 11.9. The summed E-state index contributed by atoms with van der Waals surface area (Å²) in [5.41, 5.74) is 6.23. The van der Waals surface area contributed by atoms with Gasteiger partial charge in [0.1, 0.15) is 5.75 Å². The maximum Gasteiger partial charge on any atom is 0.185 e. The topological polar surface area (TPSA) is 71.1 Å². The van der Waals surface area contributed by atoms with Gasteiger partial charge in [-0.25, -0.2) is 0 Å². The minimum absolute atomic E-state index is 0.0356. The van der Waals surface area contributed by atoms with Gasteiger partial charge in [-0.1, -0.05) is 23.7 Å². The number of nitrogens with two attached hydrogens (primary N) is 1. The Hall–Kier alpha value is -1.42. The van der Waals surface area contributed by atoms with E-state index >= 15 is 0 Å². The standard InChI is InChI=1S/C11H16ClN3O/c1-7(15-11(13)14)6-8-4-3-5-9(16-2)10(8)12/h3-5,7H,6H2,1-2H3,(H4,13,14,15). The predicted molar refractivity (Wildman–Crippen MR) is 66.2 cm³/mol. The summed E-state index contributed by atoms with van der Waals surface area (Å²) in [5.74, 6) is 0.626. The Kier molecular flexibility index (Phi) is 4.43. The third kappa shape index (κ3) is 3.31. The van der Waals surface area contributed by atoms with E-state index in [9.17, 15) is 0 Å². The lowest BCUT2D eigenvalue weighted by Gasteiger charge is -2.15. The molecule has 0 spiro atoms. The van der Waals surface area contributed by atoms with Crippen LogP contribution in [0.4, 0.5) is 0 Å². The molecule has 1 aromatic carbocycles. The Morgan fingerprint density at radius 3 is 2.88 bits per heavy atom. The lowest BCUT2D eigenvalue weighted by atomic mass is 10.1. The molecule has 16 heavy (non-hydrogen) atoms. The minimum atomic E-state index is -0.0356. The summed E-state index contributed by atoms with van der Waals surface area (Å²) in [7, 11) is 1.59. The highest BCUT2D eigenvalue weighted by Gasteiger charge is 2.10. The van der Waals surface area contributed by atoms with Crippen molar-refractivity contribution >= 4 is 17.6 Å². The van der Waals surface area contributed by atoms with Crippen molar-refractivity contribution in [3.05, 3.63) is 28.8 Å². The largest absolute Gasteiger partial charge is 0.495 e. The number of nitrogens with one attached hydrogen (secondary N) is 2. The second kappa shape index (κ2) is 5.61. The summed E-state index contributed by atoms with van der Waals surface area (Å²) in [6.45, 7) is 1.94. The quantitative estimate of drug-likeness (QED) is 0.556. The average molecular weight is 242 g/mol. The first kappa shape index (κ1) is 12.6. The van der Waals surface area contributed by atoms with E-state index < -0.39 is 0 Å². The Balaban J connectivity index is 2.77. The zero-order chi connectivity index (χ0) is 12.1. The Morgan fingerprint density at radius 1 is 1.62 bits per heavy atom. The summed E-state index contributed by atoms with van der Waals surface area (Å²) in [4.78, 5) is 0. The summed E-state index contributed by atoms with van der Waals surface area (Å²) in [5, 5.41) is 10.6. The lowest BCUT2D eigenvalue weighted by molar-refractivity contribution is 0.414. The molecular weight excluding hydrogens is 226 g/mol. The molecule has 4 N–H and O–H groups in total. The van der Waals surface area contributed by atoms with Crippen molar-refractivity contribution < 1.29 is 4.74 Å². The molecule has 0 amide bonds. The molecule has 1 unspecified atom stereocenters. The van der Waals surface area contributed by atoms with E-state index in [1.165, 1.54) is 0 Å². The monoisotopic (exact) mass is 241 g/mol. The summed E-state index contributed by atoms with van der Waals surface area (Å²) in [6.07, 6.45) is 0.690. The number of benzene rings is 1. The fourth-order valence-corrected chi connectivity index (χ4v) is 1.80. The Morgan fingerprint density at radius 2 is 2.31 bits per heavy atom. The van der Waals surface area contributed by atoms with Crippen molar-refractivity contribution in [2.24, 2.45) is 5.73 Å². The Labute approximate surface area is 100 Å². The molecule has 0 aliphatic carbocycles. The molecule has 1 rings (SSSR count). The number of rotatable bonds is 4. The molecule has 1 aromatic rings. The molecular formula is C11H16ClN3O. The van der Waals surface area contributed by atoms with E-state index in [2.05, 4.69) is 5.32 Å². The van der Waals surface area contributed by atoms with Crippen LogP contribution in [0.25, 0.3) is 0 Å². The van der Waals surface area contributed by atoms with Gasteiger partial charge < -0.3 is 15.8 Å². The maximum atomic E-state index is 7.13. The van der Waals surface area contributed by atoms with Gasteiger partial charge in [-0.2, -0.15) is 0 Å². The molecule has 0 saturated carbocycles. The van der Waals surface area contributed by atoms with Crippen molar-refractivity contribution in [2.75, 3.05) is 7.11 Å². The van der Waals surface area contributed by atoms with Gasteiger partial charge in [0, 0.05) is 6.04 Å². The van der Waals surface area contributed by atoms with Crippen molar-refractivity contribution in [3.63, 3.8) is 0 Å². The van der Waals surface area contributed by atoms with Crippen LogP contribution in [0, 0.1) is 5.41 Å². The van der Waals surface area contributed by atoms with Gasteiger partial charge in [-0.15, -0.1) is 0 Å². The summed E-state index contributed by atoms with van der Waals surface area (Å²) in [6, 6.07) is 5.70. The third-order valence-electron chi connectivity index (χ3n) is 2.19. The molecule has 0 bridgehead atoms. The molecule has 0 aromatic heterocycles. The molecule has 0 radical (unpaired) electrons. The van der Waals surface area contributed by atoms with Crippen LogP contribution < -0.4 is 15.8 Å². The second-order valence-corrected chi connectivity index (χ2v) is 3.97. The SMILES string of the molecule is COc1cccc(CC(C)NC(=N)N)c1Cl. The van der Waals surface area contributed by atoms with Crippen molar-refractivity contribution in [1.29, 1.82) is 5.41 Å².